The number of rotatable bonds is 7. The third-order valence-electron chi connectivity index (χ3n) is 5.26. The van der Waals surface area contributed by atoms with E-state index in [9.17, 15) is 9.59 Å². The molecule has 2 heterocycles. The summed E-state index contributed by atoms with van der Waals surface area (Å²) in [4.78, 5) is 24.3. The molecule has 4 rings (SSSR count). The van der Waals surface area contributed by atoms with Gasteiger partial charge in [0.25, 0.3) is 0 Å². The predicted molar refractivity (Wildman–Crippen MR) is 126 cm³/mol. The van der Waals surface area contributed by atoms with Gasteiger partial charge >= 0.3 is 5.97 Å². The Bertz CT molecular complexity index is 1270. The van der Waals surface area contributed by atoms with Gasteiger partial charge in [-0.25, -0.2) is 4.79 Å². The smallest absolute Gasteiger partial charge is 0.337 e. The Kier molecular flexibility index (Phi) is 6.62. The number of hydrogen-bond acceptors (Lipinski definition) is 8. The number of aromatic nitrogens is 3. The van der Waals surface area contributed by atoms with Gasteiger partial charge in [0.2, 0.25) is 5.91 Å². The molecule has 34 heavy (non-hydrogen) atoms. The van der Waals surface area contributed by atoms with Crippen LogP contribution in [-0.2, 0) is 16.0 Å². The number of anilines is 1. The first-order valence-corrected chi connectivity index (χ1v) is 10.7. The summed E-state index contributed by atoms with van der Waals surface area (Å²) < 4.78 is 11.9. The molecule has 12 heteroatoms. The molecule has 0 fully saturated rings. The molecule has 1 amide bonds. The summed E-state index contributed by atoms with van der Waals surface area (Å²) in [5.41, 5.74) is 11.0. The largest absolute Gasteiger partial charge is 0.494 e. The molecule has 0 saturated carbocycles. The van der Waals surface area contributed by atoms with Gasteiger partial charge in [-0.3, -0.25) is 19.8 Å². The molecule has 1 aliphatic rings. The highest BCUT2D eigenvalue weighted by Gasteiger charge is 2.35. The Balaban J connectivity index is 1.75. The summed E-state index contributed by atoms with van der Waals surface area (Å²) in [6.07, 6.45) is 3.51. The van der Waals surface area contributed by atoms with E-state index in [0.29, 0.717) is 50.6 Å². The number of ether oxygens (including phenoxy) is 2. The molecule has 0 aliphatic carbocycles. The van der Waals surface area contributed by atoms with Crippen LogP contribution in [0, 0.1) is 0 Å². The number of esters is 1. The number of nitrogens with two attached hydrogens (primary N) is 1. The van der Waals surface area contributed by atoms with Crippen LogP contribution >= 0.6 is 23.2 Å². The summed E-state index contributed by atoms with van der Waals surface area (Å²) in [6.45, 7) is 0. The minimum Gasteiger partial charge on any atom is -0.494 e. The van der Waals surface area contributed by atoms with Gasteiger partial charge in [-0.15, -0.1) is 10.2 Å². The number of nitrogens with zero attached hydrogens (tertiary/aromatic N) is 4. The van der Waals surface area contributed by atoms with Crippen LogP contribution < -0.4 is 15.9 Å². The zero-order valence-electron chi connectivity index (χ0n) is 18.2. The first-order chi connectivity index (χ1) is 16.3. The average Bonchev–Trinajstić information content (AvgIpc) is 3.30. The number of halogens is 2. The first-order valence-electron chi connectivity index (χ1n) is 9.98. The summed E-state index contributed by atoms with van der Waals surface area (Å²) in [7, 11) is 2.75. The van der Waals surface area contributed by atoms with E-state index in [1.165, 1.54) is 31.6 Å². The second-order valence-electron chi connectivity index (χ2n) is 7.29. The Morgan fingerprint density at radius 2 is 1.91 bits per heavy atom. The second kappa shape index (κ2) is 9.62. The zero-order valence-corrected chi connectivity index (χ0v) is 19.7. The number of hydrogen-bond donors (Lipinski definition) is 2. The molecule has 1 aliphatic heterocycles. The lowest BCUT2D eigenvalue weighted by atomic mass is 10.1. The van der Waals surface area contributed by atoms with Gasteiger partial charge in [0, 0.05) is 28.4 Å². The fraction of sp³-hybridized carbons (Fsp3) is 0.182. The summed E-state index contributed by atoms with van der Waals surface area (Å²) in [5.74, 6) is -0.504. The monoisotopic (exact) mass is 502 g/mol. The topological polar surface area (TPSA) is 125 Å². The molecule has 3 N–H and O–H groups in total. The second-order valence-corrected chi connectivity index (χ2v) is 8.10. The molecule has 0 radical (unpaired) electrons. The van der Waals surface area contributed by atoms with Crippen LogP contribution in [0.2, 0.25) is 10.0 Å². The molecule has 10 nitrogen and oxygen atoms in total. The van der Waals surface area contributed by atoms with Crippen molar-refractivity contribution in [3.8, 4) is 5.75 Å². The standard InChI is InChI=1S/C22H20Cl2N6O4/c1-33-18-8-12(22(32)34-2)6-7-17(18)28-30-10-13(9-14-15(23)4-3-5-16(14)24)29-11-26-27-21(29)19(30)20(25)31/h3-8,10-11,19,28H,9H2,1-2H3,(H2,25,31). The Hall–Kier alpha value is -3.76. The van der Waals surface area contributed by atoms with E-state index in [2.05, 4.69) is 15.6 Å². The number of amides is 1. The lowest BCUT2D eigenvalue weighted by molar-refractivity contribution is -0.122. The minimum absolute atomic E-state index is 0.305. The van der Waals surface area contributed by atoms with Crippen LogP contribution in [0.25, 0.3) is 5.70 Å². The third kappa shape index (κ3) is 4.37. The zero-order chi connectivity index (χ0) is 24.4. The summed E-state index contributed by atoms with van der Waals surface area (Å²) >= 11 is 12.8. The van der Waals surface area contributed by atoms with E-state index in [4.69, 9.17) is 38.4 Å². The molecule has 1 aromatic heterocycles. The normalized spacial score (nSPS) is 14.8. The lowest BCUT2D eigenvalue weighted by Crippen LogP contribution is -2.42. The SMILES string of the molecule is COC(=O)c1ccc(NN2C=C(Cc3c(Cl)cccc3Cl)n3cnnc3C2C(N)=O)c(OC)c1. The van der Waals surface area contributed by atoms with Gasteiger partial charge < -0.3 is 15.2 Å². The first kappa shape index (κ1) is 23.4. The number of carbonyl (C=O) groups excluding carboxylic acids is 2. The van der Waals surface area contributed by atoms with Crippen molar-refractivity contribution < 1.29 is 19.1 Å². The number of carbonyl (C=O) groups is 2. The van der Waals surface area contributed by atoms with Gasteiger partial charge in [-0.1, -0.05) is 29.3 Å². The van der Waals surface area contributed by atoms with E-state index < -0.39 is 17.9 Å². The highest BCUT2D eigenvalue weighted by Crippen LogP contribution is 2.35. The molecule has 3 aromatic rings. The maximum atomic E-state index is 12.4. The Morgan fingerprint density at radius 1 is 1.18 bits per heavy atom. The van der Waals surface area contributed by atoms with E-state index >= 15 is 0 Å². The van der Waals surface area contributed by atoms with Crippen molar-refractivity contribution in [2.24, 2.45) is 5.73 Å². The van der Waals surface area contributed by atoms with E-state index in [-0.39, 0.29) is 0 Å². The molecule has 1 atom stereocenters. The molecule has 0 spiro atoms. The van der Waals surface area contributed by atoms with Crippen LogP contribution in [0.1, 0.15) is 27.8 Å². The number of methoxy groups -OCH3 is 2. The van der Waals surface area contributed by atoms with Gasteiger partial charge in [0.15, 0.2) is 11.9 Å². The van der Waals surface area contributed by atoms with Gasteiger partial charge in [0.1, 0.15) is 12.1 Å². The van der Waals surface area contributed by atoms with Crippen LogP contribution in [0.4, 0.5) is 5.69 Å². The molecule has 2 aromatic carbocycles. The van der Waals surface area contributed by atoms with Crippen molar-refractivity contribution in [2.45, 2.75) is 12.5 Å². The number of primary amides is 1. The lowest BCUT2D eigenvalue weighted by Gasteiger charge is -2.34. The number of fused-ring (bicyclic) bond motifs is 1. The number of hydrazine groups is 1. The van der Waals surface area contributed by atoms with Crippen molar-refractivity contribution in [3.05, 3.63) is 75.9 Å². The summed E-state index contributed by atoms with van der Waals surface area (Å²) in [6, 6.07) is 8.98. The van der Waals surface area contributed by atoms with E-state index in [0.717, 1.165) is 0 Å². The fourth-order valence-corrected chi connectivity index (χ4v) is 4.15. The maximum Gasteiger partial charge on any atom is 0.337 e. The quantitative estimate of drug-likeness (QED) is 0.471. The van der Waals surface area contributed by atoms with E-state index in [1.54, 1.807) is 41.1 Å². The fourth-order valence-electron chi connectivity index (χ4n) is 3.62. The van der Waals surface area contributed by atoms with Crippen molar-refractivity contribution in [2.75, 3.05) is 19.6 Å². The highest BCUT2D eigenvalue weighted by molar-refractivity contribution is 6.36. The molecule has 1 unspecified atom stereocenters. The number of nitrogens with one attached hydrogen (secondary N) is 1. The minimum atomic E-state index is -0.988. The van der Waals surface area contributed by atoms with Crippen molar-refractivity contribution in [1.82, 2.24) is 19.8 Å². The molecule has 176 valence electrons. The molecular weight excluding hydrogens is 483 g/mol. The van der Waals surface area contributed by atoms with Crippen LogP contribution in [0.3, 0.4) is 0 Å². The van der Waals surface area contributed by atoms with Crippen LogP contribution in [0.5, 0.6) is 5.75 Å². The van der Waals surface area contributed by atoms with Crippen molar-refractivity contribution in [3.63, 3.8) is 0 Å². The number of benzene rings is 2. The van der Waals surface area contributed by atoms with E-state index in [1.807, 2.05) is 0 Å². The van der Waals surface area contributed by atoms with Gasteiger partial charge in [-0.2, -0.15) is 0 Å². The molecule has 0 bridgehead atoms. The van der Waals surface area contributed by atoms with Gasteiger partial charge in [0.05, 0.1) is 25.5 Å². The van der Waals surface area contributed by atoms with Crippen molar-refractivity contribution >= 4 is 46.5 Å². The molecule has 0 saturated heterocycles. The van der Waals surface area contributed by atoms with Gasteiger partial charge in [-0.05, 0) is 35.9 Å². The maximum absolute atomic E-state index is 12.4. The molecular formula is C22H20Cl2N6O4. The number of allylic oxidation sites excluding steroid dienone is 1. The third-order valence-corrected chi connectivity index (χ3v) is 5.96. The highest BCUT2D eigenvalue weighted by atomic mass is 35.5. The average molecular weight is 503 g/mol. The van der Waals surface area contributed by atoms with Crippen LogP contribution in [-0.4, -0.2) is 45.9 Å². The predicted octanol–water partition coefficient (Wildman–Crippen LogP) is 3.29. The Morgan fingerprint density at radius 3 is 2.56 bits per heavy atom. The van der Waals surface area contributed by atoms with Crippen LogP contribution in [0.15, 0.2) is 48.9 Å². The Labute approximate surface area is 204 Å². The summed E-state index contributed by atoms with van der Waals surface area (Å²) in [5, 5.41) is 10.6. The van der Waals surface area contributed by atoms with Crippen molar-refractivity contribution in [1.29, 1.82) is 0 Å².